The molecule has 2 aliphatic heterocycles. The van der Waals surface area contributed by atoms with Crippen molar-refractivity contribution in [3.8, 4) is 11.5 Å². The lowest BCUT2D eigenvalue weighted by Crippen LogP contribution is -2.46. The second kappa shape index (κ2) is 4.51. The minimum atomic E-state index is -0.607. The fraction of sp³-hybridized carbons (Fsp3) is 0.400. The Bertz CT molecular complexity index is 830. The topological polar surface area (TPSA) is 38.7 Å². The lowest BCUT2D eigenvalue weighted by atomic mass is 9.86. The van der Waals surface area contributed by atoms with Gasteiger partial charge in [-0.15, -0.1) is 0 Å². The molecule has 2 aromatic carbocycles. The molecular weight excluding hydrogens is 288 g/mol. The summed E-state index contributed by atoms with van der Waals surface area (Å²) in [6, 6.07) is 8.23. The normalized spacial score (nSPS) is 23.6. The molecule has 0 amide bonds. The summed E-state index contributed by atoms with van der Waals surface area (Å²) in [5, 5.41) is 12.7. The maximum Gasteiger partial charge on any atom is 0.135 e. The van der Waals surface area contributed by atoms with Crippen LogP contribution in [0.1, 0.15) is 38.8 Å². The second-order valence-corrected chi connectivity index (χ2v) is 7.56. The number of hydrogen-bond donors (Lipinski definition) is 1. The molecule has 0 saturated carbocycles. The smallest absolute Gasteiger partial charge is 0.135 e. The maximum atomic E-state index is 10.5. The van der Waals surface area contributed by atoms with Gasteiger partial charge in [-0.25, -0.2) is 0 Å². The van der Waals surface area contributed by atoms with E-state index in [4.69, 9.17) is 9.47 Å². The van der Waals surface area contributed by atoms with Crippen molar-refractivity contribution in [3.63, 3.8) is 0 Å². The molecule has 3 nitrogen and oxygen atoms in total. The third kappa shape index (κ3) is 2.14. The zero-order valence-corrected chi connectivity index (χ0v) is 14.0. The predicted octanol–water partition coefficient (Wildman–Crippen LogP) is 4.10. The molecule has 2 aliphatic rings. The Hall–Kier alpha value is -2.00. The highest BCUT2D eigenvalue weighted by Gasteiger charge is 2.40. The molecule has 0 radical (unpaired) electrons. The number of aliphatic hydroxyl groups is 1. The first-order valence-electron chi connectivity index (χ1n) is 8.11. The van der Waals surface area contributed by atoms with E-state index in [0.717, 1.165) is 33.4 Å². The highest BCUT2D eigenvalue weighted by atomic mass is 16.5. The van der Waals surface area contributed by atoms with Crippen LogP contribution in [0.3, 0.4) is 0 Å². The summed E-state index contributed by atoms with van der Waals surface area (Å²) in [6.07, 6.45) is 4.20. The van der Waals surface area contributed by atoms with E-state index < -0.39 is 11.7 Å². The number of benzene rings is 2. The quantitative estimate of drug-likeness (QED) is 0.796. The molecule has 2 aromatic rings. The Balaban J connectivity index is 2.07. The van der Waals surface area contributed by atoms with Crippen LogP contribution in [0.25, 0.3) is 16.8 Å². The SMILES string of the molecule is CC1(C)C=Cc2c(c3c(c4ccccc24)OC(C)(C)C(O)C3)O1. The van der Waals surface area contributed by atoms with Gasteiger partial charge in [0, 0.05) is 22.9 Å². The molecule has 0 bridgehead atoms. The molecule has 0 saturated heterocycles. The van der Waals surface area contributed by atoms with E-state index in [1.807, 2.05) is 39.8 Å². The van der Waals surface area contributed by atoms with Crippen LogP contribution < -0.4 is 9.47 Å². The van der Waals surface area contributed by atoms with Crippen molar-refractivity contribution >= 4 is 16.8 Å². The summed E-state index contributed by atoms with van der Waals surface area (Å²) in [4.78, 5) is 0. The fourth-order valence-corrected chi connectivity index (χ4v) is 3.40. The van der Waals surface area contributed by atoms with Crippen molar-refractivity contribution in [3.05, 3.63) is 41.5 Å². The van der Waals surface area contributed by atoms with E-state index >= 15 is 0 Å². The minimum absolute atomic E-state index is 0.360. The van der Waals surface area contributed by atoms with Crippen molar-refractivity contribution in [2.24, 2.45) is 0 Å². The van der Waals surface area contributed by atoms with Crippen molar-refractivity contribution in [1.29, 1.82) is 0 Å². The Morgan fingerprint density at radius 3 is 2.43 bits per heavy atom. The van der Waals surface area contributed by atoms with E-state index in [2.05, 4.69) is 24.3 Å². The van der Waals surface area contributed by atoms with Crippen LogP contribution in [0.5, 0.6) is 11.5 Å². The molecule has 120 valence electrons. The first-order chi connectivity index (χ1) is 10.8. The van der Waals surface area contributed by atoms with E-state index in [1.165, 1.54) is 0 Å². The van der Waals surface area contributed by atoms with Gasteiger partial charge in [-0.1, -0.05) is 30.3 Å². The Labute approximate surface area is 136 Å². The summed E-state index contributed by atoms with van der Waals surface area (Å²) >= 11 is 0. The first-order valence-corrected chi connectivity index (χ1v) is 8.11. The predicted molar refractivity (Wildman–Crippen MR) is 92.1 cm³/mol. The van der Waals surface area contributed by atoms with Gasteiger partial charge in [-0.3, -0.25) is 0 Å². The van der Waals surface area contributed by atoms with Gasteiger partial charge in [-0.2, -0.15) is 0 Å². The zero-order valence-electron chi connectivity index (χ0n) is 14.0. The number of ether oxygens (including phenoxy) is 2. The molecule has 0 spiro atoms. The molecular formula is C20H22O3. The standard InChI is InChI=1S/C20H22O3/c1-19(2)10-9-14-12-7-5-6-8-13(12)18-15(17(14)22-19)11-16(21)20(3,4)23-18/h5-10,16,21H,11H2,1-4H3. The van der Waals surface area contributed by atoms with Gasteiger partial charge in [0.1, 0.15) is 22.7 Å². The third-order valence-corrected chi connectivity index (χ3v) is 4.84. The Morgan fingerprint density at radius 2 is 1.70 bits per heavy atom. The lowest BCUT2D eigenvalue weighted by molar-refractivity contribution is -0.0411. The van der Waals surface area contributed by atoms with Crippen LogP contribution in [-0.4, -0.2) is 22.4 Å². The highest BCUT2D eigenvalue weighted by Crippen LogP contribution is 2.49. The fourth-order valence-electron chi connectivity index (χ4n) is 3.40. The van der Waals surface area contributed by atoms with Crippen LogP contribution in [-0.2, 0) is 6.42 Å². The largest absolute Gasteiger partial charge is 0.484 e. The van der Waals surface area contributed by atoms with Crippen molar-refractivity contribution in [2.75, 3.05) is 0 Å². The molecule has 0 aromatic heterocycles. The molecule has 3 heteroatoms. The van der Waals surface area contributed by atoms with Gasteiger partial charge in [-0.05, 0) is 39.2 Å². The number of fused-ring (bicyclic) bond motifs is 6. The maximum absolute atomic E-state index is 10.5. The van der Waals surface area contributed by atoms with Gasteiger partial charge in [0.2, 0.25) is 0 Å². The first kappa shape index (κ1) is 14.6. The van der Waals surface area contributed by atoms with E-state index in [9.17, 15) is 5.11 Å². The number of aliphatic hydroxyl groups excluding tert-OH is 1. The van der Waals surface area contributed by atoms with Crippen molar-refractivity contribution in [2.45, 2.75) is 51.4 Å². The molecule has 4 rings (SSSR count). The van der Waals surface area contributed by atoms with Gasteiger partial charge in [0.05, 0.1) is 6.10 Å². The van der Waals surface area contributed by atoms with E-state index in [1.54, 1.807) is 0 Å². The monoisotopic (exact) mass is 310 g/mol. The molecule has 1 N–H and O–H groups in total. The summed E-state index contributed by atoms with van der Waals surface area (Å²) in [6.45, 7) is 7.94. The lowest BCUT2D eigenvalue weighted by Gasteiger charge is -2.40. The van der Waals surface area contributed by atoms with Crippen LogP contribution in [0.2, 0.25) is 0 Å². The summed E-state index contributed by atoms with van der Waals surface area (Å²) in [5.41, 5.74) is 1.09. The number of rotatable bonds is 0. The highest BCUT2D eigenvalue weighted by molar-refractivity contribution is 5.99. The van der Waals surface area contributed by atoms with Gasteiger partial charge in [0.25, 0.3) is 0 Å². The van der Waals surface area contributed by atoms with Crippen LogP contribution in [0.15, 0.2) is 30.3 Å². The minimum Gasteiger partial charge on any atom is -0.484 e. The van der Waals surface area contributed by atoms with Crippen molar-refractivity contribution in [1.82, 2.24) is 0 Å². The number of hydrogen-bond acceptors (Lipinski definition) is 3. The Kier molecular flexibility index (Phi) is 2.86. The average Bonchev–Trinajstić information content (AvgIpc) is 2.48. The molecule has 0 fully saturated rings. The third-order valence-electron chi connectivity index (χ3n) is 4.84. The summed E-state index contributed by atoms with van der Waals surface area (Å²) in [7, 11) is 0. The van der Waals surface area contributed by atoms with Crippen LogP contribution in [0.4, 0.5) is 0 Å². The van der Waals surface area contributed by atoms with Crippen molar-refractivity contribution < 1.29 is 14.6 Å². The van der Waals surface area contributed by atoms with E-state index in [0.29, 0.717) is 6.42 Å². The van der Waals surface area contributed by atoms with E-state index in [-0.39, 0.29) is 5.60 Å². The zero-order chi connectivity index (χ0) is 16.4. The molecule has 2 heterocycles. The Morgan fingerprint density at radius 1 is 1.00 bits per heavy atom. The molecule has 1 unspecified atom stereocenters. The van der Waals surface area contributed by atoms with Gasteiger partial charge in [0.15, 0.2) is 0 Å². The average molecular weight is 310 g/mol. The molecule has 23 heavy (non-hydrogen) atoms. The van der Waals surface area contributed by atoms with Gasteiger partial charge >= 0.3 is 0 Å². The summed E-state index contributed by atoms with van der Waals surface area (Å²) < 4.78 is 12.5. The second-order valence-electron chi connectivity index (χ2n) is 7.56. The van der Waals surface area contributed by atoms with Crippen LogP contribution in [0, 0.1) is 0 Å². The van der Waals surface area contributed by atoms with Gasteiger partial charge < -0.3 is 14.6 Å². The molecule has 0 aliphatic carbocycles. The van der Waals surface area contributed by atoms with Crippen LogP contribution >= 0.6 is 0 Å². The molecule has 1 atom stereocenters. The summed E-state index contributed by atoms with van der Waals surface area (Å²) in [5.74, 6) is 1.70.